The van der Waals surface area contributed by atoms with Crippen molar-refractivity contribution in [1.82, 2.24) is 4.98 Å². The molecule has 0 saturated carbocycles. The van der Waals surface area contributed by atoms with Crippen LogP contribution in [0, 0.1) is 12.7 Å². The van der Waals surface area contributed by atoms with Crippen molar-refractivity contribution in [3.63, 3.8) is 0 Å². The molecule has 0 unspecified atom stereocenters. The zero-order chi connectivity index (χ0) is 11.4. The number of pyridine rings is 1. The molecule has 1 aromatic carbocycles. The summed E-state index contributed by atoms with van der Waals surface area (Å²) in [7, 11) is 0. The normalized spacial score (nSPS) is 10.1. The topological polar surface area (TPSA) is 24.9 Å². The molecule has 0 fully saturated rings. The SMILES string of the molecule is Cc1cc(F)cc(NCc2cccnc2)c1. The van der Waals surface area contributed by atoms with Crippen LogP contribution in [-0.2, 0) is 6.54 Å². The molecule has 0 atom stereocenters. The number of anilines is 1. The maximum absolute atomic E-state index is 13.1. The molecule has 0 aliphatic heterocycles. The van der Waals surface area contributed by atoms with E-state index in [4.69, 9.17) is 0 Å². The van der Waals surface area contributed by atoms with E-state index in [-0.39, 0.29) is 5.82 Å². The molecule has 82 valence electrons. The highest BCUT2D eigenvalue weighted by Crippen LogP contribution is 2.14. The predicted octanol–water partition coefficient (Wildman–Crippen LogP) is 3.14. The Balaban J connectivity index is 2.05. The van der Waals surface area contributed by atoms with Gasteiger partial charge < -0.3 is 5.32 Å². The van der Waals surface area contributed by atoms with Gasteiger partial charge in [-0.3, -0.25) is 4.98 Å². The van der Waals surface area contributed by atoms with Gasteiger partial charge in [-0.05, 0) is 42.3 Å². The first-order valence-electron chi connectivity index (χ1n) is 5.14. The van der Waals surface area contributed by atoms with Crippen LogP contribution in [0.3, 0.4) is 0 Å². The number of nitrogens with zero attached hydrogens (tertiary/aromatic N) is 1. The standard InChI is InChI=1S/C13H13FN2/c1-10-5-12(14)7-13(6-10)16-9-11-3-2-4-15-8-11/h2-8,16H,9H2,1H3. The lowest BCUT2D eigenvalue weighted by Crippen LogP contribution is -2.00. The molecule has 0 spiro atoms. The van der Waals surface area contributed by atoms with Crippen LogP contribution in [-0.4, -0.2) is 4.98 Å². The van der Waals surface area contributed by atoms with Gasteiger partial charge in [0.1, 0.15) is 5.82 Å². The summed E-state index contributed by atoms with van der Waals surface area (Å²) < 4.78 is 13.1. The highest BCUT2D eigenvalue weighted by Gasteiger charge is 1.98. The molecule has 16 heavy (non-hydrogen) atoms. The Morgan fingerprint density at radius 2 is 2.19 bits per heavy atom. The molecular formula is C13H13FN2. The van der Waals surface area contributed by atoms with Gasteiger partial charge in [0.25, 0.3) is 0 Å². The highest BCUT2D eigenvalue weighted by atomic mass is 19.1. The first kappa shape index (κ1) is 10.6. The summed E-state index contributed by atoms with van der Waals surface area (Å²) >= 11 is 0. The van der Waals surface area contributed by atoms with Crippen molar-refractivity contribution < 1.29 is 4.39 Å². The Labute approximate surface area is 94.2 Å². The van der Waals surface area contributed by atoms with Gasteiger partial charge >= 0.3 is 0 Å². The van der Waals surface area contributed by atoms with E-state index in [1.54, 1.807) is 12.4 Å². The minimum absolute atomic E-state index is 0.214. The van der Waals surface area contributed by atoms with Crippen molar-refractivity contribution in [3.05, 3.63) is 59.7 Å². The second-order valence-electron chi connectivity index (χ2n) is 3.73. The van der Waals surface area contributed by atoms with E-state index in [0.29, 0.717) is 6.54 Å². The first-order valence-corrected chi connectivity index (χ1v) is 5.14. The van der Waals surface area contributed by atoms with Gasteiger partial charge in [0, 0.05) is 24.6 Å². The maximum Gasteiger partial charge on any atom is 0.125 e. The van der Waals surface area contributed by atoms with Gasteiger partial charge in [0.05, 0.1) is 0 Å². The van der Waals surface area contributed by atoms with E-state index in [0.717, 1.165) is 16.8 Å². The van der Waals surface area contributed by atoms with Crippen molar-refractivity contribution in [3.8, 4) is 0 Å². The van der Waals surface area contributed by atoms with E-state index in [2.05, 4.69) is 10.3 Å². The van der Waals surface area contributed by atoms with Crippen LogP contribution in [0.25, 0.3) is 0 Å². The van der Waals surface area contributed by atoms with Crippen LogP contribution in [0.4, 0.5) is 10.1 Å². The number of hydrogen-bond donors (Lipinski definition) is 1. The molecule has 1 heterocycles. The summed E-state index contributed by atoms with van der Waals surface area (Å²) in [6.07, 6.45) is 3.52. The van der Waals surface area contributed by atoms with Crippen molar-refractivity contribution in [2.45, 2.75) is 13.5 Å². The summed E-state index contributed by atoms with van der Waals surface area (Å²) in [6.45, 7) is 2.52. The molecule has 2 rings (SSSR count). The average molecular weight is 216 g/mol. The maximum atomic E-state index is 13.1. The van der Waals surface area contributed by atoms with Crippen LogP contribution in [0.1, 0.15) is 11.1 Å². The number of nitrogens with one attached hydrogen (secondary N) is 1. The molecule has 0 saturated heterocycles. The molecule has 0 aliphatic carbocycles. The van der Waals surface area contributed by atoms with Crippen molar-refractivity contribution in [1.29, 1.82) is 0 Å². The van der Waals surface area contributed by atoms with Crippen molar-refractivity contribution in [2.24, 2.45) is 0 Å². The van der Waals surface area contributed by atoms with Gasteiger partial charge in [-0.15, -0.1) is 0 Å². The number of benzene rings is 1. The molecule has 0 bridgehead atoms. The summed E-state index contributed by atoms with van der Waals surface area (Å²) in [6, 6.07) is 8.78. The summed E-state index contributed by atoms with van der Waals surface area (Å²) in [4.78, 5) is 4.02. The zero-order valence-corrected chi connectivity index (χ0v) is 9.07. The van der Waals surface area contributed by atoms with Crippen molar-refractivity contribution in [2.75, 3.05) is 5.32 Å². The predicted molar refractivity (Wildman–Crippen MR) is 62.7 cm³/mol. The van der Waals surface area contributed by atoms with Crippen LogP contribution in [0.2, 0.25) is 0 Å². The Morgan fingerprint density at radius 1 is 1.31 bits per heavy atom. The number of halogens is 1. The molecule has 1 aromatic heterocycles. The number of hydrogen-bond acceptors (Lipinski definition) is 2. The third-order valence-corrected chi connectivity index (χ3v) is 2.26. The number of rotatable bonds is 3. The van der Waals surface area contributed by atoms with Crippen LogP contribution in [0.15, 0.2) is 42.7 Å². The smallest absolute Gasteiger partial charge is 0.125 e. The molecule has 0 amide bonds. The summed E-state index contributed by atoms with van der Waals surface area (Å²) in [5, 5.41) is 3.16. The van der Waals surface area contributed by atoms with E-state index in [1.807, 2.05) is 25.1 Å². The van der Waals surface area contributed by atoms with Gasteiger partial charge in [0.2, 0.25) is 0 Å². The molecule has 3 heteroatoms. The largest absolute Gasteiger partial charge is 0.381 e. The lowest BCUT2D eigenvalue weighted by Gasteiger charge is -2.07. The van der Waals surface area contributed by atoms with Crippen LogP contribution < -0.4 is 5.32 Å². The monoisotopic (exact) mass is 216 g/mol. The summed E-state index contributed by atoms with van der Waals surface area (Å²) in [5.41, 5.74) is 2.78. The number of aromatic nitrogens is 1. The zero-order valence-electron chi connectivity index (χ0n) is 9.07. The average Bonchev–Trinajstić information content (AvgIpc) is 2.27. The second kappa shape index (κ2) is 4.75. The quantitative estimate of drug-likeness (QED) is 0.852. The second-order valence-corrected chi connectivity index (χ2v) is 3.73. The van der Waals surface area contributed by atoms with Crippen molar-refractivity contribution >= 4 is 5.69 Å². The Bertz CT molecular complexity index is 448. The minimum atomic E-state index is -0.214. The number of aryl methyl sites for hydroxylation is 1. The van der Waals surface area contributed by atoms with Gasteiger partial charge in [0.15, 0.2) is 0 Å². The lowest BCUT2D eigenvalue weighted by molar-refractivity contribution is 0.627. The van der Waals surface area contributed by atoms with E-state index >= 15 is 0 Å². The Morgan fingerprint density at radius 3 is 2.88 bits per heavy atom. The van der Waals surface area contributed by atoms with E-state index in [1.165, 1.54) is 12.1 Å². The van der Waals surface area contributed by atoms with Crippen LogP contribution >= 0.6 is 0 Å². The highest BCUT2D eigenvalue weighted by molar-refractivity contribution is 5.46. The minimum Gasteiger partial charge on any atom is -0.381 e. The van der Waals surface area contributed by atoms with Gasteiger partial charge in [-0.2, -0.15) is 0 Å². The Kier molecular flexibility index (Phi) is 3.15. The molecule has 2 aromatic rings. The molecular weight excluding hydrogens is 203 g/mol. The van der Waals surface area contributed by atoms with Gasteiger partial charge in [-0.1, -0.05) is 6.07 Å². The third kappa shape index (κ3) is 2.79. The molecule has 0 aliphatic rings. The Hall–Kier alpha value is -1.90. The molecule has 1 N–H and O–H groups in total. The fourth-order valence-electron chi connectivity index (χ4n) is 1.55. The van der Waals surface area contributed by atoms with Gasteiger partial charge in [-0.25, -0.2) is 4.39 Å². The summed E-state index contributed by atoms with van der Waals surface area (Å²) in [5.74, 6) is -0.214. The first-order chi connectivity index (χ1) is 7.74. The lowest BCUT2D eigenvalue weighted by atomic mass is 10.2. The van der Waals surface area contributed by atoms with E-state index in [9.17, 15) is 4.39 Å². The van der Waals surface area contributed by atoms with Crippen LogP contribution in [0.5, 0.6) is 0 Å². The molecule has 2 nitrogen and oxygen atoms in total. The fourth-order valence-corrected chi connectivity index (χ4v) is 1.55. The molecule has 0 radical (unpaired) electrons. The fraction of sp³-hybridized carbons (Fsp3) is 0.154. The third-order valence-electron chi connectivity index (χ3n) is 2.26. The van der Waals surface area contributed by atoms with E-state index < -0.39 is 0 Å².